The van der Waals surface area contributed by atoms with Crippen LogP contribution in [0.1, 0.15) is 55.7 Å². The Morgan fingerprint density at radius 3 is 2.90 bits per heavy atom. The summed E-state index contributed by atoms with van der Waals surface area (Å²) >= 11 is 0. The average molecular weight is 269 g/mol. The monoisotopic (exact) mass is 269 g/mol. The second-order valence-corrected chi connectivity index (χ2v) is 6.37. The van der Waals surface area contributed by atoms with Crippen molar-refractivity contribution in [2.45, 2.75) is 58.4 Å². The first-order valence-electron chi connectivity index (χ1n) is 8.36. The maximum Gasteiger partial charge on any atom is 0.0240 e. The van der Waals surface area contributed by atoms with E-state index in [4.69, 9.17) is 0 Å². The van der Waals surface area contributed by atoms with Gasteiger partial charge in [-0.1, -0.05) is 43.2 Å². The predicted octanol–water partition coefficient (Wildman–Crippen LogP) is 4.50. The smallest absolute Gasteiger partial charge is 0.0240 e. The molecule has 1 aliphatic carbocycles. The second kappa shape index (κ2) is 6.58. The van der Waals surface area contributed by atoms with Crippen molar-refractivity contribution >= 4 is 0 Å². The van der Waals surface area contributed by atoms with E-state index in [0.717, 1.165) is 6.54 Å². The van der Waals surface area contributed by atoms with Crippen LogP contribution in [-0.4, -0.2) is 18.0 Å². The number of allylic oxidation sites excluding steroid dienone is 1. The minimum atomic E-state index is 1.16. The Labute approximate surface area is 123 Å². The Bertz CT molecular complexity index is 487. The lowest BCUT2D eigenvalue weighted by Crippen LogP contribution is -2.33. The Morgan fingerprint density at radius 2 is 2.10 bits per heavy atom. The Balaban J connectivity index is 1.69. The van der Waals surface area contributed by atoms with Crippen LogP contribution in [0.2, 0.25) is 0 Å². The van der Waals surface area contributed by atoms with E-state index >= 15 is 0 Å². The molecule has 1 aromatic carbocycles. The van der Waals surface area contributed by atoms with Crippen LogP contribution in [0.25, 0.3) is 0 Å². The summed E-state index contributed by atoms with van der Waals surface area (Å²) in [7, 11) is 0. The molecule has 1 aliphatic heterocycles. The van der Waals surface area contributed by atoms with Gasteiger partial charge in [0.2, 0.25) is 0 Å². The first-order valence-corrected chi connectivity index (χ1v) is 8.36. The number of fused-ring (bicyclic) bond motifs is 1. The van der Waals surface area contributed by atoms with Crippen molar-refractivity contribution in [3.63, 3.8) is 0 Å². The zero-order valence-electron chi connectivity index (χ0n) is 12.8. The molecule has 3 rings (SSSR count). The fraction of sp³-hybridized carbons (Fsp3) is 0.579. The minimum Gasteiger partial charge on any atom is -0.295 e. The third-order valence-corrected chi connectivity index (χ3v) is 4.77. The van der Waals surface area contributed by atoms with E-state index in [0.29, 0.717) is 0 Å². The van der Waals surface area contributed by atoms with E-state index in [-0.39, 0.29) is 0 Å². The van der Waals surface area contributed by atoms with Crippen molar-refractivity contribution in [2.75, 3.05) is 13.1 Å². The maximum absolute atomic E-state index is 2.65. The van der Waals surface area contributed by atoms with E-state index in [9.17, 15) is 0 Å². The van der Waals surface area contributed by atoms with Crippen molar-refractivity contribution in [1.29, 1.82) is 0 Å². The van der Waals surface area contributed by atoms with Crippen molar-refractivity contribution in [1.82, 2.24) is 4.90 Å². The molecule has 0 atom stereocenters. The van der Waals surface area contributed by atoms with Gasteiger partial charge in [0.15, 0.2) is 0 Å². The van der Waals surface area contributed by atoms with Crippen LogP contribution in [0.5, 0.6) is 0 Å². The van der Waals surface area contributed by atoms with Crippen LogP contribution in [0.15, 0.2) is 29.8 Å². The van der Waals surface area contributed by atoms with Crippen LogP contribution in [0, 0.1) is 0 Å². The Kier molecular flexibility index (Phi) is 4.57. The largest absolute Gasteiger partial charge is 0.295 e. The number of hydrogen-bond donors (Lipinski definition) is 0. The SMILES string of the molecule is CCCc1cccc2c1CCN(CC1=CCCCC1)C2. The lowest BCUT2D eigenvalue weighted by molar-refractivity contribution is 0.271. The van der Waals surface area contributed by atoms with Crippen molar-refractivity contribution in [3.8, 4) is 0 Å². The van der Waals surface area contributed by atoms with E-state index < -0.39 is 0 Å². The fourth-order valence-electron chi connectivity index (χ4n) is 3.72. The molecule has 1 heterocycles. The molecule has 0 spiro atoms. The van der Waals surface area contributed by atoms with Crippen molar-refractivity contribution in [2.24, 2.45) is 0 Å². The zero-order chi connectivity index (χ0) is 13.8. The molecule has 0 radical (unpaired) electrons. The predicted molar refractivity (Wildman–Crippen MR) is 86.0 cm³/mol. The van der Waals surface area contributed by atoms with Gasteiger partial charge in [-0.15, -0.1) is 0 Å². The highest BCUT2D eigenvalue weighted by atomic mass is 15.1. The molecule has 108 valence electrons. The first kappa shape index (κ1) is 13.9. The molecule has 1 heteroatoms. The molecule has 20 heavy (non-hydrogen) atoms. The summed E-state index contributed by atoms with van der Waals surface area (Å²) < 4.78 is 0. The van der Waals surface area contributed by atoms with Gasteiger partial charge in [-0.25, -0.2) is 0 Å². The van der Waals surface area contributed by atoms with E-state index in [1.165, 1.54) is 58.0 Å². The standard InChI is InChI=1S/C19H27N/c1-2-7-17-10-6-11-18-15-20(13-12-19(17)18)14-16-8-4-3-5-9-16/h6,8,10-11H,2-5,7,9,12-15H2,1H3. The molecule has 0 saturated carbocycles. The van der Waals surface area contributed by atoms with Crippen LogP contribution in [0.3, 0.4) is 0 Å². The van der Waals surface area contributed by atoms with Gasteiger partial charge < -0.3 is 0 Å². The molecule has 0 bridgehead atoms. The lowest BCUT2D eigenvalue weighted by atomic mass is 9.91. The summed E-state index contributed by atoms with van der Waals surface area (Å²) in [5.74, 6) is 0. The highest BCUT2D eigenvalue weighted by Gasteiger charge is 2.19. The summed E-state index contributed by atoms with van der Waals surface area (Å²) in [5, 5.41) is 0. The van der Waals surface area contributed by atoms with Gasteiger partial charge >= 0.3 is 0 Å². The number of rotatable bonds is 4. The number of nitrogens with zero attached hydrogens (tertiary/aromatic N) is 1. The number of hydrogen-bond acceptors (Lipinski definition) is 1. The van der Waals surface area contributed by atoms with Gasteiger partial charge in [0.1, 0.15) is 0 Å². The number of aryl methyl sites for hydroxylation is 1. The Hall–Kier alpha value is -1.08. The van der Waals surface area contributed by atoms with Gasteiger partial charge in [0, 0.05) is 19.6 Å². The summed E-state index contributed by atoms with van der Waals surface area (Å²) in [5.41, 5.74) is 6.52. The minimum absolute atomic E-state index is 1.16. The van der Waals surface area contributed by atoms with E-state index in [1.807, 2.05) is 0 Å². The molecule has 0 N–H and O–H groups in total. The van der Waals surface area contributed by atoms with Crippen molar-refractivity contribution in [3.05, 3.63) is 46.5 Å². The summed E-state index contributed by atoms with van der Waals surface area (Å²) in [6, 6.07) is 6.94. The molecular weight excluding hydrogens is 242 g/mol. The summed E-state index contributed by atoms with van der Waals surface area (Å²) in [4.78, 5) is 2.65. The van der Waals surface area contributed by atoms with Crippen molar-refractivity contribution < 1.29 is 0 Å². The molecule has 0 aromatic heterocycles. The molecular formula is C19H27N. The first-order chi connectivity index (χ1) is 9.86. The van der Waals surface area contributed by atoms with E-state index in [2.05, 4.69) is 36.1 Å². The second-order valence-electron chi connectivity index (χ2n) is 6.37. The van der Waals surface area contributed by atoms with Gasteiger partial charge in [-0.3, -0.25) is 4.90 Å². The van der Waals surface area contributed by atoms with Crippen LogP contribution in [-0.2, 0) is 19.4 Å². The van der Waals surface area contributed by atoms with Crippen LogP contribution in [0.4, 0.5) is 0 Å². The fourth-order valence-corrected chi connectivity index (χ4v) is 3.72. The third kappa shape index (κ3) is 3.15. The van der Waals surface area contributed by atoms with Gasteiger partial charge in [0.25, 0.3) is 0 Å². The molecule has 0 amide bonds. The van der Waals surface area contributed by atoms with E-state index in [1.54, 1.807) is 22.3 Å². The van der Waals surface area contributed by atoms with Gasteiger partial charge in [0.05, 0.1) is 0 Å². The summed E-state index contributed by atoms with van der Waals surface area (Å²) in [6.07, 6.45) is 11.7. The number of benzene rings is 1. The highest BCUT2D eigenvalue weighted by Crippen LogP contribution is 2.25. The molecule has 1 nitrogen and oxygen atoms in total. The summed E-state index contributed by atoms with van der Waals surface area (Å²) in [6.45, 7) is 5.89. The lowest BCUT2D eigenvalue weighted by Gasteiger charge is -2.31. The third-order valence-electron chi connectivity index (χ3n) is 4.77. The molecule has 0 saturated heterocycles. The molecule has 0 fully saturated rings. The van der Waals surface area contributed by atoms with Gasteiger partial charge in [-0.05, 0) is 55.2 Å². The zero-order valence-corrected chi connectivity index (χ0v) is 12.8. The quantitative estimate of drug-likeness (QED) is 0.728. The molecule has 2 aliphatic rings. The Morgan fingerprint density at radius 1 is 1.15 bits per heavy atom. The van der Waals surface area contributed by atoms with Crippen LogP contribution >= 0.6 is 0 Å². The normalized spacial score (nSPS) is 19.6. The topological polar surface area (TPSA) is 3.24 Å². The van der Waals surface area contributed by atoms with Gasteiger partial charge in [-0.2, -0.15) is 0 Å². The maximum atomic E-state index is 2.65. The highest BCUT2D eigenvalue weighted by molar-refractivity contribution is 5.37. The average Bonchev–Trinajstić information content (AvgIpc) is 2.49. The molecule has 1 aromatic rings. The molecule has 0 unspecified atom stereocenters. The van der Waals surface area contributed by atoms with Crippen LogP contribution < -0.4 is 0 Å².